The number of amides is 1. The molecule has 0 bridgehead atoms. The summed E-state index contributed by atoms with van der Waals surface area (Å²) in [5.41, 5.74) is 0.577. The first-order valence-corrected chi connectivity index (χ1v) is 10.8. The molecule has 6 nitrogen and oxygen atoms in total. The van der Waals surface area contributed by atoms with E-state index in [1.807, 2.05) is 0 Å². The van der Waals surface area contributed by atoms with Crippen molar-refractivity contribution < 1.29 is 23.1 Å². The largest absolute Gasteiger partial charge is 0.460 e. The van der Waals surface area contributed by atoms with Gasteiger partial charge >= 0.3 is 5.97 Å². The van der Waals surface area contributed by atoms with Gasteiger partial charge in [0.1, 0.15) is 5.60 Å². The molecule has 0 spiro atoms. The molecule has 0 N–H and O–H groups in total. The van der Waals surface area contributed by atoms with E-state index in [0.717, 1.165) is 0 Å². The van der Waals surface area contributed by atoms with E-state index >= 15 is 0 Å². The zero-order chi connectivity index (χ0) is 21.2. The minimum Gasteiger partial charge on any atom is -0.460 e. The average Bonchev–Trinajstić information content (AvgIpc) is 2.61. The van der Waals surface area contributed by atoms with Gasteiger partial charge in [0.25, 0.3) is 5.91 Å². The van der Waals surface area contributed by atoms with E-state index in [1.54, 1.807) is 25.7 Å². The predicted molar refractivity (Wildman–Crippen MR) is 105 cm³/mol. The topological polar surface area (TPSA) is 72.4 Å². The third kappa shape index (κ3) is 6.10. The minimum atomic E-state index is -2.55. The number of halogens is 2. The van der Waals surface area contributed by atoms with Gasteiger partial charge < -0.3 is 9.64 Å². The van der Waals surface area contributed by atoms with Crippen LogP contribution in [-0.4, -0.2) is 56.6 Å². The third-order valence-electron chi connectivity index (χ3n) is 4.92. The summed E-state index contributed by atoms with van der Waals surface area (Å²) < 4.78 is 31.9. The second-order valence-corrected chi connectivity index (χ2v) is 9.83. The van der Waals surface area contributed by atoms with Gasteiger partial charge in [0.15, 0.2) is 5.16 Å². The van der Waals surface area contributed by atoms with Gasteiger partial charge in [0.2, 0.25) is 5.92 Å². The second-order valence-electron chi connectivity index (χ2n) is 8.56. The fraction of sp³-hybridized carbons (Fsp3) is 0.700. The Bertz CT molecular complexity index is 773. The molecule has 2 aliphatic rings. The lowest BCUT2D eigenvalue weighted by Gasteiger charge is -2.29. The number of aromatic nitrogens is 2. The number of ether oxygens (including phenoxy) is 1. The van der Waals surface area contributed by atoms with Crippen LogP contribution >= 0.6 is 11.8 Å². The fourth-order valence-corrected chi connectivity index (χ4v) is 4.50. The Morgan fingerprint density at radius 2 is 2.03 bits per heavy atom. The first-order chi connectivity index (χ1) is 13.5. The zero-order valence-corrected chi connectivity index (χ0v) is 17.9. The Hall–Kier alpha value is -1.77. The highest BCUT2D eigenvalue weighted by Crippen LogP contribution is 2.39. The van der Waals surface area contributed by atoms with Crippen LogP contribution in [0.3, 0.4) is 0 Å². The lowest BCUT2D eigenvalue weighted by molar-refractivity contribution is -0.155. The van der Waals surface area contributed by atoms with Gasteiger partial charge in [-0.15, -0.1) is 0 Å². The van der Waals surface area contributed by atoms with Crippen LogP contribution in [0.4, 0.5) is 8.78 Å². The summed E-state index contributed by atoms with van der Waals surface area (Å²) >= 11 is 1.42. The molecule has 29 heavy (non-hydrogen) atoms. The number of fused-ring (bicyclic) bond motifs is 1. The first kappa shape index (κ1) is 21.9. The van der Waals surface area contributed by atoms with E-state index in [4.69, 9.17) is 4.74 Å². The standard InChI is InChI=1S/C20H27F2N3O3S/c1-19(2,3)28-16(26)7-11-25-10-6-15-14(17(25)27)12-23-18(24-15)29-13-4-8-20(21,22)9-5-13/h12-13H,4-11H2,1-3H3. The van der Waals surface area contributed by atoms with Crippen molar-refractivity contribution >= 4 is 23.6 Å². The van der Waals surface area contributed by atoms with Crippen molar-refractivity contribution in [3.8, 4) is 0 Å². The van der Waals surface area contributed by atoms with Crippen LogP contribution in [0, 0.1) is 0 Å². The molecule has 1 aliphatic heterocycles. The molecule has 3 rings (SSSR count). The molecule has 0 radical (unpaired) electrons. The van der Waals surface area contributed by atoms with Gasteiger partial charge in [-0.3, -0.25) is 9.59 Å². The molecule has 1 aromatic heterocycles. The molecule has 1 aliphatic carbocycles. The van der Waals surface area contributed by atoms with Crippen LogP contribution in [0.5, 0.6) is 0 Å². The van der Waals surface area contributed by atoms with E-state index in [2.05, 4.69) is 9.97 Å². The summed E-state index contributed by atoms with van der Waals surface area (Å²) in [5.74, 6) is -3.08. The van der Waals surface area contributed by atoms with Crippen molar-refractivity contribution in [2.24, 2.45) is 0 Å². The number of alkyl halides is 2. The number of rotatable bonds is 5. The molecule has 1 fully saturated rings. The maximum Gasteiger partial charge on any atom is 0.308 e. The summed E-state index contributed by atoms with van der Waals surface area (Å²) in [7, 11) is 0. The van der Waals surface area contributed by atoms with Crippen molar-refractivity contribution in [1.82, 2.24) is 14.9 Å². The Balaban J connectivity index is 1.56. The van der Waals surface area contributed by atoms with Crippen LogP contribution in [-0.2, 0) is 16.0 Å². The van der Waals surface area contributed by atoms with E-state index in [-0.39, 0.29) is 36.4 Å². The van der Waals surface area contributed by atoms with Gasteiger partial charge in [0, 0.05) is 43.8 Å². The SMILES string of the molecule is CC(C)(C)OC(=O)CCN1CCc2nc(SC3CCC(F)(F)CC3)ncc2C1=O. The Morgan fingerprint density at radius 3 is 2.69 bits per heavy atom. The smallest absolute Gasteiger partial charge is 0.308 e. The summed E-state index contributed by atoms with van der Waals surface area (Å²) in [6, 6.07) is 0. The lowest BCUT2D eigenvalue weighted by Crippen LogP contribution is -2.40. The van der Waals surface area contributed by atoms with Gasteiger partial charge in [-0.25, -0.2) is 18.7 Å². The van der Waals surface area contributed by atoms with Crippen molar-refractivity contribution in [2.45, 2.75) is 81.2 Å². The molecular weight excluding hydrogens is 400 g/mol. The van der Waals surface area contributed by atoms with E-state index in [0.29, 0.717) is 48.8 Å². The lowest BCUT2D eigenvalue weighted by atomic mass is 9.96. The number of carbonyl (C=O) groups is 2. The number of hydrogen-bond donors (Lipinski definition) is 0. The fourth-order valence-electron chi connectivity index (χ4n) is 3.45. The molecule has 2 heterocycles. The number of hydrogen-bond acceptors (Lipinski definition) is 6. The Morgan fingerprint density at radius 1 is 1.34 bits per heavy atom. The molecule has 1 saturated carbocycles. The van der Waals surface area contributed by atoms with Gasteiger partial charge in [-0.05, 0) is 33.6 Å². The van der Waals surface area contributed by atoms with Gasteiger partial charge in [-0.2, -0.15) is 0 Å². The highest BCUT2D eigenvalue weighted by atomic mass is 32.2. The summed E-state index contributed by atoms with van der Waals surface area (Å²) in [6.07, 6.45) is 2.92. The van der Waals surface area contributed by atoms with Crippen LogP contribution in [0.1, 0.15) is 68.9 Å². The molecule has 160 valence electrons. The normalized spacial score (nSPS) is 19.8. The number of carbonyl (C=O) groups excluding carboxylic acids is 2. The van der Waals surface area contributed by atoms with Crippen LogP contribution in [0.25, 0.3) is 0 Å². The van der Waals surface area contributed by atoms with Crippen LogP contribution in [0.15, 0.2) is 11.4 Å². The second kappa shape index (κ2) is 8.53. The molecule has 9 heteroatoms. The quantitative estimate of drug-likeness (QED) is 0.525. The van der Waals surface area contributed by atoms with Crippen LogP contribution in [0.2, 0.25) is 0 Å². The highest BCUT2D eigenvalue weighted by molar-refractivity contribution is 7.99. The minimum absolute atomic E-state index is 0.0808. The average molecular weight is 428 g/mol. The highest BCUT2D eigenvalue weighted by Gasteiger charge is 2.36. The van der Waals surface area contributed by atoms with E-state index in [9.17, 15) is 18.4 Å². The molecule has 1 amide bonds. The summed E-state index contributed by atoms with van der Waals surface area (Å²) in [6.45, 7) is 6.18. The zero-order valence-electron chi connectivity index (χ0n) is 17.0. The monoisotopic (exact) mass is 427 g/mol. The Kier molecular flexibility index (Phi) is 6.45. The van der Waals surface area contributed by atoms with Gasteiger partial charge in [-0.1, -0.05) is 11.8 Å². The number of thioether (sulfide) groups is 1. The van der Waals surface area contributed by atoms with Crippen molar-refractivity contribution in [3.63, 3.8) is 0 Å². The molecule has 0 saturated heterocycles. The molecule has 0 unspecified atom stereocenters. The van der Waals surface area contributed by atoms with Gasteiger partial charge in [0.05, 0.1) is 17.7 Å². The molecule has 0 atom stereocenters. The summed E-state index contributed by atoms with van der Waals surface area (Å²) in [4.78, 5) is 35.0. The van der Waals surface area contributed by atoms with Crippen LogP contribution < -0.4 is 0 Å². The Labute approximate surface area is 173 Å². The summed E-state index contributed by atoms with van der Waals surface area (Å²) in [5, 5.41) is 0.617. The van der Waals surface area contributed by atoms with E-state index < -0.39 is 11.5 Å². The van der Waals surface area contributed by atoms with Crippen molar-refractivity contribution in [3.05, 3.63) is 17.5 Å². The molecule has 0 aromatic carbocycles. The van der Waals surface area contributed by atoms with Crippen molar-refractivity contribution in [2.75, 3.05) is 13.1 Å². The maximum absolute atomic E-state index is 13.3. The number of nitrogens with zero attached hydrogens (tertiary/aromatic N) is 3. The predicted octanol–water partition coefficient (Wildman–Crippen LogP) is 3.88. The third-order valence-corrected chi connectivity index (χ3v) is 6.14. The molecule has 1 aromatic rings. The first-order valence-electron chi connectivity index (χ1n) is 9.94. The van der Waals surface area contributed by atoms with Crippen molar-refractivity contribution in [1.29, 1.82) is 0 Å². The van der Waals surface area contributed by atoms with E-state index in [1.165, 1.54) is 18.0 Å². The maximum atomic E-state index is 13.3. The number of esters is 1. The molecular formula is C20H27F2N3O3S.